The number of amides is 1. The summed E-state index contributed by atoms with van der Waals surface area (Å²) >= 11 is 2.45. The lowest BCUT2D eigenvalue weighted by molar-refractivity contribution is -0.142. The molecule has 0 aliphatic heterocycles. The van der Waals surface area contributed by atoms with E-state index < -0.39 is 5.91 Å². The molecule has 0 aliphatic rings. The van der Waals surface area contributed by atoms with Crippen molar-refractivity contribution in [1.82, 2.24) is 15.4 Å². The lowest BCUT2D eigenvalue weighted by atomic mass is 10.1. The number of aromatic nitrogens is 3. The number of thioether (sulfide) groups is 1. The predicted octanol–water partition coefficient (Wildman–Crippen LogP) is 3.88. The first-order valence-electron chi connectivity index (χ1n) is 8.61. The van der Waals surface area contributed by atoms with Crippen LogP contribution in [0, 0.1) is 0 Å². The molecule has 2 heterocycles. The normalized spacial score (nSPS) is 11.8. The number of carbonyl (C=O) groups is 2. The fraction of sp³-hybridized carbons (Fsp3) is 0.278. The summed E-state index contributed by atoms with van der Waals surface area (Å²) in [5.41, 5.74) is 0.967. The van der Waals surface area contributed by atoms with E-state index in [1.807, 2.05) is 37.3 Å². The van der Waals surface area contributed by atoms with Crippen LogP contribution in [0.15, 0.2) is 45.3 Å². The van der Waals surface area contributed by atoms with Crippen LogP contribution in [0.3, 0.4) is 0 Å². The van der Waals surface area contributed by atoms with E-state index in [0.29, 0.717) is 28.3 Å². The number of ether oxygens (including phenoxy) is 1. The second-order valence-electron chi connectivity index (χ2n) is 5.54. The van der Waals surface area contributed by atoms with Crippen LogP contribution in [0.5, 0.6) is 0 Å². The molecule has 28 heavy (non-hydrogen) atoms. The Morgan fingerprint density at radius 2 is 2.04 bits per heavy atom. The molecular weight excluding hydrogens is 400 g/mol. The summed E-state index contributed by atoms with van der Waals surface area (Å²) < 4.78 is 10.8. The maximum Gasteiger partial charge on any atom is 0.319 e. The molecule has 1 aromatic carbocycles. The summed E-state index contributed by atoms with van der Waals surface area (Å²) in [6, 6.07) is 10.9. The minimum absolute atomic E-state index is 0.140. The molecule has 0 bridgehead atoms. The molecule has 1 amide bonds. The molecule has 3 rings (SSSR count). The van der Waals surface area contributed by atoms with Crippen LogP contribution < -0.4 is 5.32 Å². The first-order chi connectivity index (χ1) is 13.6. The number of hydrogen-bond donors (Lipinski definition) is 1. The van der Waals surface area contributed by atoms with Crippen LogP contribution in [0.4, 0.5) is 5.13 Å². The standard InChI is InChI=1S/C18H18N4O4S2/c1-3-14(16(24)25-4-2)27-18-21-20-17(28-18)19-15(23)12-10-13(26-22-12)11-8-6-5-7-9-11/h5-10,14H,3-4H2,1-2H3,(H,19,20,23). The molecule has 10 heteroatoms. The van der Waals surface area contributed by atoms with Gasteiger partial charge < -0.3 is 9.26 Å². The Morgan fingerprint density at radius 3 is 2.75 bits per heavy atom. The molecule has 0 fully saturated rings. The van der Waals surface area contributed by atoms with Gasteiger partial charge in [-0.3, -0.25) is 14.9 Å². The van der Waals surface area contributed by atoms with Gasteiger partial charge in [-0.25, -0.2) is 0 Å². The lowest BCUT2D eigenvalue weighted by Crippen LogP contribution is -2.19. The number of benzene rings is 1. The monoisotopic (exact) mass is 418 g/mol. The quantitative estimate of drug-likeness (QED) is 0.334. The molecule has 1 N–H and O–H groups in total. The highest BCUT2D eigenvalue weighted by Gasteiger charge is 2.22. The molecular formula is C18H18N4O4S2. The van der Waals surface area contributed by atoms with E-state index in [0.717, 1.165) is 5.56 Å². The molecule has 0 aliphatic carbocycles. The Balaban J connectivity index is 1.63. The molecule has 0 saturated heterocycles. The van der Waals surface area contributed by atoms with Gasteiger partial charge in [-0.05, 0) is 13.3 Å². The number of hydrogen-bond acceptors (Lipinski definition) is 9. The van der Waals surface area contributed by atoms with Crippen molar-refractivity contribution < 1.29 is 18.8 Å². The summed E-state index contributed by atoms with van der Waals surface area (Å²) in [5.74, 6) is -0.234. The van der Waals surface area contributed by atoms with Gasteiger partial charge in [0, 0.05) is 11.6 Å². The zero-order chi connectivity index (χ0) is 19.9. The van der Waals surface area contributed by atoms with Crippen LogP contribution in [-0.2, 0) is 9.53 Å². The maximum absolute atomic E-state index is 12.4. The molecule has 3 aromatic rings. The van der Waals surface area contributed by atoms with Crippen molar-refractivity contribution in [3.05, 3.63) is 42.1 Å². The highest BCUT2D eigenvalue weighted by atomic mass is 32.2. The first kappa shape index (κ1) is 20.0. The van der Waals surface area contributed by atoms with E-state index in [2.05, 4.69) is 20.7 Å². The van der Waals surface area contributed by atoms with E-state index >= 15 is 0 Å². The third kappa shape index (κ3) is 4.96. The Kier molecular flexibility index (Phi) is 6.77. The van der Waals surface area contributed by atoms with Crippen molar-refractivity contribution in [1.29, 1.82) is 0 Å². The highest BCUT2D eigenvalue weighted by molar-refractivity contribution is 8.02. The van der Waals surface area contributed by atoms with E-state index in [4.69, 9.17) is 9.26 Å². The molecule has 0 spiro atoms. The molecule has 0 radical (unpaired) electrons. The first-order valence-corrected chi connectivity index (χ1v) is 10.3. The van der Waals surface area contributed by atoms with Crippen LogP contribution >= 0.6 is 23.1 Å². The number of esters is 1. The highest BCUT2D eigenvalue weighted by Crippen LogP contribution is 2.31. The van der Waals surface area contributed by atoms with Gasteiger partial charge in [-0.15, -0.1) is 10.2 Å². The summed E-state index contributed by atoms with van der Waals surface area (Å²) in [6.45, 7) is 3.99. The zero-order valence-electron chi connectivity index (χ0n) is 15.2. The van der Waals surface area contributed by atoms with Crippen molar-refractivity contribution in [3.8, 4) is 11.3 Å². The van der Waals surface area contributed by atoms with Crippen molar-refractivity contribution in [2.24, 2.45) is 0 Å². The molecule has 2 aromatic heterocycles. The third-order valence-electron chi connectivity index (χ3n) is 3.59. The number of rotatable bonds is 8. The molecule has 0 saturated carbocycles. The predicted molar refractivity (Wildman–Crippen MR) is 106 cm³/mol. The summed E-state index contributed by atoms with van der Waals surface area (Å²) in [7, 11) is 0. The van der Waals surface area contributed by atoms with Gasteiger partial charge in [0.05, 0.1) is 6.61 Å². The van der Waals surface area contributed by atoms with Crippen molar-refractivity contribution in [3.63, 3.8) is 0 Å². The van der Waals surface area contributed by atoms with Crippen molar-refractivity contribution in [2.75, 3.05) is 11.9 Å². The van der Waals surface area contributed by atoms with Gasteiger partial charge in [0.15, 0.2) is 15.8 Å². The van der Waals surface area contributed by atoms with E-state index in [-0.39, 0.29) is 16.9 Å². The summed E-state index contributed by atoms with van der Waals surface area (Å²) in [6.07, 6.45) is 0.603. The average molecular weight is 419 g/mol. The number of nitrogens with zero attached hydrogens (tertiary/aromatic N) is 3. The van der Waals surface area contributed by atoms with Gasteiger partial charge in [0.1, 0.15) is 5.25 Å². The molecule has 1 unspecified atom stereocenters. The average Bonchev–Trinajstić information content (AvgIpc) is 3.36. The van der Waals surface area contributed by atoms with Gasteiger partial charge in [-0.2, -0.15) is 0 Å². The van der Waals surface area contributed by atoms with Gasteiger partial charge in [0.25, 0.3) is 5.91 Å². The van der Waals surface area contributed by atoms with E-state index in [1.165, 1.54) is 23.1 Å². The molecule has 8 nitrogen and oxygen atoms in total. The van der Waals surface area contributed by atoms with Gasteiger partial charge >= 0.3 is 5.97 Å². The second kappa shape index (κ2) is 9.47. The second-order valence-corrected chi connectivity index (χ2v) is 7.96. The number of carbonyl (C=O) groups excluding carboxylic acids is 2. The zero-order valence-corrected chi connectivity index (χ0v) is 16.9. The smallest absolute Gasteiger partial charge is 0.319 e. The fourth-order valence-corrected chi connectivity index (χ4v) is 4.16. The number of nitrogens with one attached hydrogen (secondary N) is 1. The Morgan fingerprint density at radius 1 is 1.25 bits per heavy atom. The summed E-state index contributed by atoms with van der Waals surface area (Å²) in [5, 5.41) is 14.4. The minimum atomic E-state index is -0.448. The SMILES string of the molecule is CCOC(=O)C(CC)Sc1nnc(NC(=O)c2cc(-c3ccccc3)on2)s1. The van der Waals surface area contributed by atoms with Crippen molar-refractivity contribution >= 4 is 40.1 Å². The Hall–Kier alpha value is -2.72. The van der Waals surface area contributed by atoms with Crippen LogP contribution in [0.2, 0.25) is 0 Å². The molecule has 146 valence electrons. The van der Waals surface area contributed by atoms with Crippen LogP contribution in [0.1, 0.15) is 30.8 Å². The van der Waals surface area contributed by atoms with Gasteiger partial charge in [-0.1, -0.05) is 65.5 Å². The van der Waals surface area contributed by atoms with E-state index in [1.54, 1.807) is 13.0 Å². The maximum atomic E-state index is 12.4. The topological polar surface area (TPSA) is 107 Å². The van der Waals surface area contributed by atoms with Crippen LogP contribution in [0.25, 0.3) is 11.3 Å². The fourth-order valence-electron chi connectivity index (χ4n) is 2.24. The minimum Gasteiger partial charge on any atom is -0.465 e. The molecule has 1 atom stereocenters. The van der Waals surface area contributed by atoms with E-state index in [9.17, 15) is 9.59 Å². The lowest BCUT2D eigenvalue weighted by Gasteiger charge is -2.10. The third-order valence-corrected chi connectivity index (χ3v) is 5.86. The largest absolute Gasteiger partial charge is 0.465 e. The van der Waals surface area contributed by atoms with Gasteiger partial charge in [0.2, 0.25) is 5.13 Å². The number of anilines is 1. The van der Waals surface area contributed by atoms with Crippen LogP contribution in [-0.4, -0.2) is 39.1 Å². The Bertz CT molecular complexity index is 942. The Labute approximate surface area is 169 Å². The van der Waals surface area contributed by atoms with Crippen molar-refractivity contribution in [2.45, 2.75) is 29.9 Å². The summed E-state index contributed by atoms with van der Waals surface area (Å²) in [4.78, 5) is 24.3.